The molecule has 1 aliphatic rings. The SMILES string of the molecule is CN(CCC#N)C(=O)CNCC1CCCCC1C(=O)O. The van der Waals surface area contributed by atoms with Crippen LogP contribution in [0.15, 0.2) is 0 Å². The molecule has 6 nitrogen and oxygen atoms in total. The number of carboxylic acid groups (broad SMARTS) is 1. The van der Waals surface area contributed by atoms with Gasteiger partial charge in [0, 0.05) is 13.6 Å². The summed E-state index contributed by atoms with van der Waals surface area (Å²) >= 11 is 0. The Bertz CT molecular complexity index is 378. The molecule has 0 spiro atoms. The molecule has 112 valence electrons. The lowest BCUT2D eigenvalue weighted by atomic mass is 9.79. The second-order valence-electron chi connectivity index (χ2n) is 5.34. The van der Waals surface area contributed by atoms with Gasteiger partial charge in [-0.3, -0.25) is 9.59 Å². The lowest BCUT2D eigenvalue weighted by molar-refractivity contribution is -0.144. The van der Waals surface area contributed by atoms with E-state index in [0.717, 1.165) is 25.7 Å². The van der Waals surface area contributed by atoms with Crippen molar-refractivity contribution in [2.45, 2.75) is 32.1 Å². The first kappa shape index (κ1) is 16.4. The van der Waals surface area contributed by atoms with Crippen LogP contribution >= 0.6 is 0 Å². The average molecular weight is 281 g/mol. The van der Waals surface area contributed by atoms with Gasteiger partial charge in [-0.25, -0.2) is 0 Å². The van der Waals surface area contributed by atoms with Crippen LogP contribution in [-0.4, -0.2) is 48.6 Å². The predicted octanol–water partition coefficient (Wildman–Crippen LogP) is 0.839. The molecule has 0 aromatic rings. The van der Waals surface area contributed by atoms with Crippen molar-refractivity contribution in [3.05, 3.63) is 0 Å². The third-order valence-electron chi connectivity index (χ3n) is 3.89. The minimum atomic E-state index is -0.728. The van der Waals surface area contributed by atoms with Crippen LogP contribution in [0.5, 0.6) is 0 Å². The summed E-state index contributed by atoms with van der Waals surface area (Å²) in [6.45, 7) is 1.19. The maximum atomic E-state index is 11.7. The van der Waals surface area contributed by atoms with Gasteiger partial charge in [0.2, 0.25) is 5.91 Å². The van der Waals surface area contributed by atoms with Gasteiger partial charge >= 0.3 is 5.97 Å². The van der Waals surface area contributed by atoms with Gasteiger partial charge in [-0.15, -0.1) is 0 Å². The normalized spacial score (nSPS) is 22.0. The summed E-state index contributed by atoms with van der Waals surface area (Å²) in [6.07, 6.45) is 4.00. The highest BCUT2D eigenvalue weighted by molar-refractivity contribution is 5.78. The van der Waals surface area contributed by atoms with Crippen molar-refractivity contribution < 1.29 is 14.7 Å². The molecular formula is C14H23N3O3. The summed E-state index contributed by atoms with van der Waals surface area (Å²) in [7, 11) is 1.67. The summed E-state index contributed by atoms with van der Waals surface area (Å²) < 4.78 is 0. The molecule has 0 radical (unpaired) electrons. The maximum absolute atomic E-state index is 11.7. The molecule has 1 amide bonds. The fourth-order valence-corrected chi connectivity index (χ4v) is 2.62. The van der Waals surface area contributed by atoms with Crippen molar-refractivity contribution in [1.29, 1.82) is 5.26 Å². The molecule has 2 N–H and O–H groups in total. The number of nitriles is 1. The number of nitrogens with one attached hydrogen (secondary N) is 1. The van der Waals surface area contributed by atoms with E-state index in [9.17, 15) is 9.59 Å². The van der Waals surface area contributed by atoms with Crippen LogP contribution in [0.1, 0.15) is 32.1 Å². The molecule has 1 aliphatic carbocycles. The minimum absolute atomic E-state index is 0.0667. The third-order valence-corrected chi connectivity index (χ3v) is 3.89. The molecule has 0 aromatic heterocycles. The number of nitrogens with zero attached hydrogens (tertiary/aromatic N) is 2. The summed E-state index contributed by atoms with van der Waals surface area (Å²) in [5, 5.41) is 20.7. The van der Waals surface area contributed by atoms with E-state index in [1.165, 1.54) is 4.90 Å². The van der Waals surface area contributed by atoms with E-state index in [0.29, 0.717) is 19.5 Å². The summed E-state index contributed by atoms with van der Waals surface area (Å²) in [5.41, 5.74) is 0. The Labute approximate surface area is 119 Å². The minimum Gasteiger partial charge on any atom is -0.481 e. The van der Waals surface area contributed by atoms with Crippen molar-refractivity contribution in [3.8, 4) is 6.07 Å². The highest BCUT2D eigenvalue weighted by Crippen LogP contribution is 2.29. The first-order valence-electron chi connectivity index (χ1n) is 7.10. The Kier molecular flexibility index (Phi) is 7.02. The van der Waals surface area contributed by atoms with E-state index in [-0.39, 0.29) is 24.3 Å². The van der Waals surface area contributed by atoms with Crippen molar-refractivity contribution in [2.75, 3.05) is 26.7 Å². The van der Waals surface area contributed by atoms with Crippen molar-refractivity contribution in [3.63, 3.8) is 0 Å². The molecule has 20 heavy (non-hydrogen) atoms. The van der Waals surface area contributed by atoms with Gasteiger partial charge in [-0.2, -0.15) is 5.26 Å². The van der Waals surface area contributed by atoms with Gasteiger partial charge < -0.3 is 15.3 Å². The number of aliphatic carboxylic acids is 1. The van der Waals surface area contributed by atoms with Crippen LogP contribution in [0, 0.1) is 23.2 Å². The third kappa shape index (κ3) is 5.17. The van der Waals surface area contributed by atoms with Crippen LogP contribution in [0.2, 0.25) is 0 Å². The number of likely N-dealkylation sites (N-methyl/N-ethyl adjacent to an activating group) is 1. The standard InChI is InChI=1S/C14H23N3O3/c1-17(8-4-7-15)13(18)10-16-9-11-5-2-3-6-12(11)14(19)20/h11-12,16H,2-6,8-10H2,1H3,(H,19,20). The van der Waals surface area contributed by atoms with Gasteiger partial charge in [0.15, 0.2) is 0 Å². The van der Waals surface area contributed by atoms with Gasteiger partial charge in [0.1, 0.15) is 0 Å². The second-order valence-corrected chi connectivity index (χ2v) is 5.34. The molecule has 2 unspecified atom stereocenters. The predicted molar refractivity (Wildman–Crippen MR) is 73.8 cm³/mol. The van der Waals surface area contributed by atoms with Crippen LogP contribution in [0.3, 0.4) is 0 Å². The van der Waals surface area contributed by atoms with E-state index in [4.69, 9.17) is 10.4 Å². The average Bonchev–Trinajstić information content (AvgIpc) is 2.44. The summed E-state index contributed by atoms with van der Waals surface area (Å²) in [6, 6.07) is 2.00. The number of carbonyl (C=O) groups excluding carboxylic acids is 1. The number of carbonyl (C=O) groups is 2. The van der Waals surface area contributed by atoms with Crippen LogP contribution < -0.4 is 5.32 Å². The molecule has 0 bridgehead atoms. The number of rotatable bonds is 7. The molecule has 0 heterocycles. The zero-order valence-electron chi connectivity index (χ0n) is 12.0. The lowest BCUT2D eigenvalue weighted by Crippen LogP contribution is -2.40. The number of carboxylic acids is 1. The Balaban J connectivity index is 2.30. The molecule has 0 aromatic carbocycles. The number of amides is 1. The number of hydrogen-bond acceptors (Lipinski definition) is 4. The van der Waals surface area contributed by atoms with Gasteiger partial charge in [-0.1, -0.05) is 12.8 Å². The highest BCUT2D eigenvalue weighted by Gasteiger charge is 2.30. The summed E-state index contributed by atoms with van der Waals surface area (Å²) in [4.78, 5) is 24.4. The quantitative estimate of drug-likeness (QED) is 0.721. The molecule has 1 saturated carbocycles. The Hall–Kier alpha value is -1.61. The van der Waals surface area contributed by atoms with E-state index in [1.54, 1.807) is 7.05 Å². The van der Waals surface area contributed by atoms with E-state index >= 15 is 0 Å². The Morgan fingerprint density at radius 3 is 2.75 bits per heavy atom. The van der Waals surface area contributed by atoms with E-state index < -0.39 is 5.97 Å². The van der Waals surface area contributed by atoms with Crippen molar-refractivity contribution in [1.82, 2.24) is 10.2 Å². The zero-order chi connectivity index (χ0) is 15.0. The van der Waals surface area contributed by atoms with Crippen LogP contribution in [-0.2, 0) is 9.59 Å². The molecule has 6 heteroatoms. The maximum Gasteiger partial charge on any atom is 0.306 e. The first-order valence-corrected chi connectivity index (χ1v) is 7.10. The lowest BCUT2D eigenvalue weighted by Gasteiger charge is -2.28. The molecule has 0 saturated heterocycles. The van der Waals surface area contributed by atoms with Gasteiger partial charge in [0.05, 0.1) is 25.0 Å². The smallest absolute Gasteiger partial charge is 0.306 e. The Morgan fingerprint density at radius 1 is 1.40 bits per heavy atom. The fraction of sp³-hybridized carbons (Fsp3) is 0.786. The molecule has 1 fully saturated rings. The second kappa shape index (κ2) is 8.54. The first-order chi connectivity index (χ1) is 9.56. The van der Waals surface area contributed by atoms with E-state index in [2.05, 4.69) is 5.32 Å². The monoisotopic (exact) mass is 281 g/mol. The molecular weight excluding hydrogens is 258 g/mol. The number of hydrogen-bond donors (Lipinski definition) is 2. The van der Waals surface area contributed by atoms with Crippen molar-refractivity contribution in [2.24, 2.45) is 11.8 Å². The van der Waals surface area contributed by atoms with Gasteiger partial charge in [-0.05, 0) is 25.3 Å². The molecule has 0 aliphatic heterocycles. The Morgan fingerprint density at radius 2 is 2.10 bits per heavy atom. The highest BCUT2D eigenvalue weighted by atomic mass is 16.4. The van der Waals surface area contributed by atoms with E-state index in [1.807, 2.05) is 6.07 Å². The van der Waals surface area contributed by atoms with Crippen LogP contribution in [0.4, 0.5) is 0 Å². The molecule has 2 atom stereocenters. The fourth-order valence-electron chi connectivity index (χ4n) is 2.62. The zero-order valence-corrected chi connectivity index (χ0v) is 12.0. The largest absolute Gasteiger partial charge is 0.481 e. The van der Waals surface area contributed by atoms with Crippen molar-refractivity contribution >= 4 is 11.9 Å². The topological polar surface area (TPSA) is 93.4 Å². The van der Waals surface area contributed by atoms with Gasteiger partial charge in [0.25, 0.3) is 0 Å². The molecule has 1 rings (SSSR count). The summed E-state index contributed by atoms with van der Waals surface area (Å²) in [5.74, 6) is -0.974. The van der Waals surface area contributed by atoms with Crippen LogP contribution in [0.25, 0.3) is 0 Å².